The number of nitrogens with two attached hydrogens (primary N) is 1. The van der Waals surface area contributed by atoms with E-state index in [-0.39, 0.29) is 17.7 Å². The first-order valence-electron chi connectivity index (χ1n) is 15.6. The Hall–Kier alpha value is -4.98. The van der Waals surface area contributed by atoms with E-state index < -0.39 is 0 Å². The third-order valence-electron chi connectivity index (χ3n) is 8.35. The van der Waals surface area contributed by atoms with Crippen LogP contribution in [0.15, 0.2) is 120 Å². The van der Waals surface area contributed by atoms with Crippen LogP contribution >= 0.6 is 0 Å². The van der Waals surface area contributed by atoms with E-state index in [1.54, 1.807) is 0 Å². The van der Waals surface area contributed by atoms with Gasteiger partial charge in [-0.2, -0.15) is 0 Å². The van der Waals surface area contributed by atoms with Gasteiger partial charge in [0, 0.05) is 17.5 Å². The molecule has 3 aromatic heterocycles. The number of hydrogen-bond donors (Lipinski definition) is 2. The summed E-state index contributed by atoms with van der Waals surface area (Å²) in [4.78, 5) is 22.2. The van der Waals surface area contributed by atoms with Crippen molar-refractivity contribution in [2.75, 3.05) is 4.90 Å². The molecule has 45 heavy (non-hydrogen) atoms. The largest absolute Gasteiger partial charge is 0.290 e. The molecular weight excluding hydrogens is 554 g/mol. The maximum atomic E-state index is 5.18. The van der Waals surface area contributed by atoms with Gasteiger partial charge in [0.2, 0.25) is 6.17 Å². The zero-order valence-corrected chi connectivity index (χ0v) is 25.9. The Kier molecular flexibility index (Phi) is 7.79. The number of aromatic nitrogens is 3. The average Bonchev–Trinajstić information content (AvgIpc) is 3.55. The number of allylic oxidation sites excluding steroid dienone is 1. The number of aliphatic imine (C=N–C) groups is 1. The fourth-order valence-corrected chi connectivity index (χ4v) is 5.93. The molecule has 224 valence electrons. The third-order valence-corrected chi connectivity index (χ3v) is 8.35. The summed E-state index contributed by atoms with van der Waals surface area (Å²) < 4.78 is 0. The third kappa shape index (κ3) is 6.05. The van der Waals surface area contributed by atoms with Gasteiger partial charge in [0.25, 0.3) is 0 Å². The fourth-order valence-electron chi connectivity index (χ4n) is 5.93. The van der Waals surface area contributed by atoms with E-state index in [0.29, 0.717) is 0 Å². The molecule has 2 unspecified atom stereocenters. The summed E-state index contributed by atoms with van der Waals surface area (Å²) in [5, 5.41) is 0. The van der Waals surface area contributed by atoms with Gasteiger partial charge in [0.05, 0.1) is 34.2 Å². The highest BCUT2D eigenvalue weighted by molar-refractivity contribution is 5.75. The van der Waals surface area contributed by atoms with Crippen LogP contribution < -0.4 is 15.8 Å². The topological polar surface area (TPSA) is 82.9 Å². The van der Waals surface area contributed by atoms with Gasteiger partial charge in [-0.15, -0.1) is 5.43 Å². The first-order chi connectivity index (χ1) is 21.9. The minimum atomic E-state index is -0.192. The number of rotatable bonds is 6. The van der Waals surface area contributed by atoms with E-state index >= 15 is 0 Å². The lowest BCUT2D eigenvalue weighted by atomic mass is 9.86. The highest BCUT2D eigenvalue weighted by Crippen LogP contribution is 2.34. The Bertz CT molecular complexity index is 1860. The number of benzene rings is 2. The Morgan fingerprint density at radius 1 is 0.667 bits per heavy atom. The average molecular weight is 593 g/mol. The lowest BCUT2D eigenvalue weighted by molar-refractivity contribution is -0.731. The number of hydrogen-bond acceptors (Lipinski definition) is 6. The van der Waals surface area contributed by atoms with Gasteiger partial charge in [-0.1, -0.05) is 87.5 Å². The minimum Gasteiger partial charge on any atom is -0.290 e. The van der Waals surface area contributed by atoms with E-state index in [4.69, 9.17) is 15.0 Å². The zero-order chi connectivity index (χ0) is 30.8. The molecule has 1 fully saturated rings. The van der Waals surface area contributed by atoms with Crippen LogP contribution in [0.4, 0.5) is 5.69 Å². The maximum absolute atomic E-state index is 5.18. The van der Waals surface area contributed by atoms with E-state index in [1.807, 2.05) is 36.5 Å². The van der Waals surface area contributed by atoms with Gasteiger partial charge in [-0.05, 0) is 72.4 Å². The lowest BCUT2D eigenvalue weighted by Gasteiger charge is -2.27. The zero-order valence-electron chi connectivity index (χ0n) is 25.9. The molecule has 1 saturated heterocycles. The van der Waals surface area contributed by atoms with Gasteiger partial charge < -0.3 is 0 Å². The van der Waals surface area contributed by atoms with Crippen molar-refractivity contribution in [3.8, 4) is 22.6 Å². The first kappa shape index (κ1) is 28.8. The number of quaternary nitrogens is 1. The highest BCUT2D eigenvalue weighted by Gasteiger charge is 2.40. The predicted octanol–water partition coefficient (Wildman–Crippen LogP) is 6.99. The van der Waals surface area contributed by atoms with Crippen LogP contribution in [0.3, 0.4) is 0 Å². The Morgan fingerprint density at radius 2 is 1.33 bits per heavy atom. The number of anilines is 1. The van der Waals surface area contributed by atoms with Gasteiger partial charge in [-0.3, -0.25) is 9.89 Å². The molecule has 5 aromatic rings. The molecule has 5 heterocycles. The van der Waals surface area contributed by atoms with Crippen molar-refractivity contribution in [2.45, 2.75) is 51.4 Å². The SMILES string of the molecule is CC(C)(C)c1ccc(-c2cccc(C3[NH2+]NC(c4cccc(-c5cccc(C6=CCCC=N6)n5)n4)N3c3ccccc3)n2)cc1. The molecule has 0 radical (unpaired) electrons. The fraction of sp³-hybridized carbons (Fsp3) is 0.211. The molecule has 0 saturated carbocycles. The Morgan fingerprint density at radius 3 is 2.07 bits per heavy atom. The van der Waals surface area contributed by atoms with Crippen molar-refractivity contribution in [1.29, 1.82) is 0 Å². The standard InChI is InChI=1S/C38H37N7/c1-38(2,3)27-23-21-26(22-24-27)29-15-9-19-34(40-29)36-43-44-37(45(36)28-12-5-4-6-13-28)35-20-11-18-33(42-35)32-17-10-16-31(41-32)30-14-7-8-25-39-30/h4-6,9-25,36-37,43-44H,7-8H2,1-3H3/p+1. The van der Waals surface area contributed by atoms with Gasteiger partial charge in [-0.25, -0.2) is 20.4 Å². The molecule has 0 bridgehead atoms. The van der Waals surface area contributed by atoms with Crippen LogP contribution in [0.25, 0.3) is 28.3 Å². The number of para-hydroxylation sites is 1. The molecule has 7 nitrogen and oxygen atoms in total. The summed E-state index contributed by atoms with van der Waals surface area (Å²) in [6.07, 6.45) is 5.78. The molecule has 2 aromatic carbocycles. The van der Waals surface area contributed by atoms with Crippen LogP contribution in [-0.4, -0.2) is 21.2 Å². The molecule has 0 amide bonds. The van der Waals surface area contributed by atoms with E-state index in [2.05, 4.69) is 126 Å². The van der Waals surface area contributed by atoms with Crippen molar-refractivity contribution in [3.63, 3.8) is 0 Å². The minimum absolute atomic E-state index is 0.103. The molecular formula is C38H38N7+. The van der Waals surface area contributed by atoms with Crippen molar-refractivity contribution >= 4 is 17.6 Å². The maximum Gasteiger partial charge on any atom is 0.224 e. The summed E-state index contributed by atoms with van der Waals surface area (Å²) in [7, 11) is 0. The summed E-state index contributed by atoms with van der Waals surface area (Å²) >= 11 is 0. The summed E-state index contributed by atoms with van der Waals surface area (Å²) in [5.41, 5.74) is 15.7. The summed E-state index contributed by atoms with van der Waals surface area (Å²) in [5.74, 6) is 0. The lowest BCUT2D eigenvalue weighted by Crippen LogP contribution is -2.90. The van der Waals surface area contributed by atoms with Crippen LogP contribution in [-0.2, 0) is 5.41 Å². The predicted molar refractivity (Wildman–Crippen MR) is 181 cm³/mol. The summed E-state index contributed by atoms with van der Waals surface area (Å²) in [6, 6.07) is 37.8. The number of nitrogens with one attached hydrogen (secondary N) is 1. The Labute approximate surface area is 264 Å². The van der Waals surface area contributed by atoms with Crippen LogP contribution in [0.2, 0.25) is 0 Å². The molecule has 2 aliphatic heterocycles. The van der Waals surface area contributed by atoms with Gasteiger partial charge in [0.15, 0.2) is 6.17 Å². The van der Waals surface area contributed by atoms with Gasteiger partial charge >= 0.3 is 0 Å². The molecule has 7 heteroatoms. The second kappa shape index (κ2) is 12.2. The Balaban J connectivity index is 1.22. The number of nitrogens with zero attached hydrogens (tertiary/aromatic N) is 5. The van der Waals surface area contributed by atoms with E-state index in [9.17, 15) is 0 Å². The number of pyridine rings is 3. The normalized spacial score (nSPS) is 18.2. The molecule has 3 N–H and O–H groups in total. The molecule has 7 rings (SSSR count). The van der Waals surface area contributed by atoms with Crippen LogP contribution in [0, 0.1) is 0 Å². The van der Waals surface area contributed by atoms with Crippen molar-refractivity contribution in [1.82, 2.24) is 20.4 Å². The first-order valence-corrected chi connectivity index (χ1v) is 15.6. The molecule has 0 spiro atoms. The monoisotopic (exact) mass is 592 g/mol. The van der Waals surface area contributed by atoms with Crippen LogP contribution in [0.5, 0.6) is 0 Å². The highest BCUT2D eigenvalue weighted by atomic mass is 15.6. The second-order valence-electron chi connectivity index (χ2n) is 12.5. The quantitative estimate of drug-likeness (QED) is 0.208. The molecule has 0 aliphatic carbocycles. The van der Waals surface area contributed by atoms with Crippen molar-refractivity contribution in [2.24, 2.45) is 4.99 Å². The second-order valence-corrected chi connectivity index (χ2v) is 12.5. The van der Waals surface area contributed by atoms with E-state index in [1.165, 1.54) is 5.56 Å². The van der Waals surface area contributed by atoms with Crippen molar-refractivity contribution in [3.05, 3.63) is 138 Å². The van der Waals surface area contributed by atoms with Crippen molar-refractivity contribution < 1.29 is 5.43 Å². The summed E-state index contributed by atoms with van der Waals surface area (Å²) in [6.45, 7) is 6.71. The smallest absolute Gasteiger partial charge is 0.224 e. The van der Waals surface area contributed by atoms with E-state index in [0.717, 1.165) is 64.0 Å². The van der Waals surface area contributed by atoms with Crippen LogP contribution in [0.1, 0.15) is 68.6 Å². The molecule has 2 atom stereocenters. The van der Waals surface area contributed by atoms with Gasteiger partial charge in [0.1, 0.15) is 5.69 Å². The molecule has 2 aliphatic rings.